The second-order valence-electron chi connectivity index (χ2n) is 6.16. The first-order valence-electron chi connectivity index (χ1n) is 7.56. The summed E-state index contributed by atoms with van der Waals surface area (Å²) in [6.07, 6.45) is 2.42. The maximum atomic E-state index is 12.6. The number of hydrogen-bond donors (Lipinski definition) is 1. The van der Waals surface area contributed by atoms with Crippen LogP contribution in [0.1, 0.15) is 23.2 Å². The molecule has 1 fully saturated rings. The van der Waals surface area contributed by atoms with Gasteiger partial charge >= 0.3 is 0 Å². The number of nitrogens with one attached hydrogen (secondary N) is 1. The molecule has 1 atom stereocenters. The van der Waals surface area contributed by atoms with Crippen molar-refractivity contribution in [2.75, 3.05) is 23.3 Å². The lowest BCUT2D eigenvalue weighted by atomic mass is 9.81. The average molecular weight is 294 g/mol. The Morgan fingerprint density at radius 2 is 2.05 bits per heavy atom. The summed E-state index contributed by atoms with van der Waals surface area (Å²) < 4.78 is 0. The Labute approximate surface area is 129 Å². The molecule has 3 heterocycles. The van der Waals surface area contributed by atoms with E-state index in [0.29, 0.717) is 6.54 Å². The van der Waals surface area contributed by atoms with Crippen LogP contribution in [0.15, 0.2) is 30.6 Å². The molecule has 112 valence electrons. The minimum absolute atomic E-state index is 0.111. The molecule has 4 rings (SSSR count). The maximum Gasteiger partial charge on any atom is 0.236 e. The SMILES string of the molecule is Cc1ncnc(N2CC[C@@]3(C2)C(=O)Nc2ccccc23)c1C. The minimum atomic E-state index is -0.443. The smallest absolute Gasteiger partial charge is 0.236 e. The molecule has 1 amide bonds. The van der Waals surface area contributed by atoms with Gasteiger partial charge < -0.3 is 10.2 Å². The van der Waals surface area contributed by atoms with Gasteiger partial charge in [0, 0.05) is 30.0 Å². The Morgan fingerprint density at radius 1 is 1.23 bits per heavy atom. The molecule has 0 bridgehead atoms. The van der Waals surface area contributed by atoms with Crippen LogP contribution in [0.25, 0.3) is 0 Å². The molecule has 0 radical (unpaired) electrons. The summed E-state index contributed by atoms with van der Waals surface area (Å²) >= 11 is 0. The fraction of sp³-hybridized carbons (Fsp3) is 0.353. The van der Waals surface area contributed by atoms with Gasteiger partial charge in [-0.1, -0.05) is 18.2 Å². The lowest BCUT2D eigenvalue weighted by Crippen LogP contribution is -2.38. The van der Waals surface area contributed by atoms with E-state index >= 15 is 0 Å². The van der Waals surface area contributed by atoms with E-state index in [2.05, 4.69) is 26.3 Å². The number of fused-ring (bicyclic) bond motifs is 2. The second kappa shape index (κ2) is 4.53. The molecule has 22 heavy (non-hydrogen) atoms. The molecule has 0 saturated carbocycles. The summed E-state index contributed by atoms with van der Waals surface area (Å²) in [5.41, 5.74) is 3.70. The number of aryl methyl sites for hydroxylation is 1. The van der Waals surface area contributed by atoms with Gasteiger partial charge in [0.1, 0.15) is 12.1 Å². The summed E-state index contributed by atoms with van der Waals surface area (Å²) in [6, 6.07) is 8.01. The molecule has 5 nitrogen and oxygen atoms in total. The van der Waals surface area contributed by atoms with Crippen molar-refractivity contribution in [3.8, 4) is 0 Å². The molecule has 1 aromatic carbocycles. The highest BCUT2D eigenvalue weighted by molar-refractivity contribution is 6.07. The van der Waals surface area contributed by atoms with Crippen molar-refractivity contribution in [2.24, 2.45) is 0 Å². The molecule has 2 aliphatic rings. The highest BCUT2D eigenvalue weighted by atomic mass is 16.2. The molecule has 5 heteroatoms. The number of carbonyl (C=O) groups excluding carboxylic acids is 1. The number of carbonyl (C=O) groups is 1. The third kappa shape index (κ3) is 1.68. The van der Waals surface area contributed by atoms with Gasteiger partial charge in [-0.15, -0.1) is 0 Å². The highest BCUT2D eigenvalue weighted by Crippen LogP contribution is 2.45. The largest absolute Gasteiger partial charge is 0.355 e. The highest BCUT2D eigenvalue weighted by Gasteiger charge is 2.51. The van der Waals surface area contributed by atoms with E-state index in [9.17, 15) is 4.79 Å². The van der Waals surface area contributed by atoms with E-state index < -0.39 is 5.41 Å². The summed E-state index contributed by atoms with van der Waals surface area (Å²) in [5, 5.41) is 3.03. The number of anilines is 2. The first kappa shape index (κ1) is 13.2. The van der Waals surface area contributed by atoms with E-state index in [1.807, 2.05) is 32.0 Å². The first-order chi connectivity index (χ1) is 10.6. The van der Waals surface area contributed by atoms with Crippen LogP contribution in [-0.2, 0) is 10.2 Å². The topological polar surface area (TPSA) is 58.1 Å². The molecule has 1 N–H and O–H groups in total. The van der Waals surface area contributed by atoms with Gasteiger partial charge in [-0.05, 0) is 31.9 Å². The Morgan fingerprint density at radius 3 is 2.91 bits per heavy atom. The molecule has 1 aromatic heterocycles. The van der Waals surface area contributed by atoms with E-state index in [1.54, 1.807) is 6.33 Å². The van der Waals surface area contributed by atoms with Crippen LogP contribution in [-0.4, -0.2) is 29.0 Å². The van der Waals surface area contributed by atoms with Gasteiger partial charge in [-0.2, -0.15) is 0 Å². The van der Waals surface area contributed by atoms with Crippen LogP contribution in [0.3, 0.4) is 0 Å². The predicted molar refractivity (Wildman–Crippen MR) is 85.1 cm³/mol. The van der Waals surface area contributed by atoms with Gasteiger partial charge in [0.05, 0.1) is 5.41 Å². The predicted octanol–water partition coefficient (Wildman–Crippen LogP) is 2.19. The van der Waals surface area contributed by atoms with E-state index in [0.717, 1.165) is 41.3 Å². The number of nitrogens with zero attached hydrogens (tertiary/aromatic N) is 3. The van der Waals surface area contributed by atoms with Gasteiger partial charge in [-0.3, -0.25) is 4.79 Å². The van der Waals surface area contributed by atoms with Crippen LogP contribution in [0.4, 0.5) is 11.5 Å². The zero-order valence-corrected chi connectivity index (χ0v) is 12.8. The fourth-order valence-corrected chi connectivity index (χ4v) is 3.61. The Hall–Kier alpha value is -2.43. The summed E-state index contributed by atoms with van der Waals surface area (Å²) in [4.78, 5) is 23.5. The number of amides is 1. The quantitative estimate of drug-likeness (QED) is 0.876. The second-order valence-corrected chi connectivity index (χ2v) is 6.16. The van der Waals surface area contributed by atoms with E-state index in [-0.39, 0.29) is 5.91 Å². The third-order valence-corrected chi connectivity index (χ3v) is 5.00. The molecule has 1 spiro atoms. The molecular weight excluding hydrogens is 276 g/mol. The molecule has 2 aromatic rings. The number of rotatable bonds is 1. The van der Waals surface area contributed by atoms with Crippen LogP contribution >= 0.6 is 0 Å². The Balaban J connectivity index is 1.74. The zero-order chi connectivity index (χ0) is 15.3. The van der Waals surface area contributed by atoms with Crippen molar-refractivity contribution in [1.82, 2.24) is 9.97 Å². The van der Waals surface area contributed by atoms with Crippen molar-refractivity contribution in [3.63, 3.8) is 0 Å². The zero-order valence-electron chi connectivity index (χ0n) is 12.8. The third-order valence-electron chi connectivity index (χ3n) is 5.00. The summed E-state index contributed by atoms with van der Waals surface area (Å²) in [5.74, 6) is 1.06. The van der Waals surface area contributed by atoms with Crippen molar-refractivity contribution >= 4 is 17.4 Å². The van der Waals surface area contributed by atoms with Crippen LogP contribution < -0.4 is 10.2 Å². The van der Waals surface area contributed by atoms with E-state index in [4.69, 9.17) is 0 Å². The van der Waals surface area contributed by atoms with Gasteiger partial charge in [0.25, 0.3) is 0 Å². The standard InChI is InChI=1S/C17H18N4O/c1-11-12(2)18-10-19-15(11)21-8-7-17(9-21)13-5-3-4-6-14(13)20-16(17)22/h3-6,10H,7-9H2,1-2H3,(H,20,22)/t17-/m0/s1. The summed E-state index contributed by atoms with van der Waals surface area (Å²) in [6.45, 7) is 5.54. The number of benzene rings is 1. The number of hydrogen-bond acceptors (Lipinski definition) is 4. The first-order valence-corrected chi connectivity index (χ1v) is 7.56. The van der Waals surface area contributed by atoms with Crippen LogP contribution in [0, 0.1) is 13.8 Å². The van der Waals surface area contributed by atoms with Crippen molar-refractivity contribution in [2.45, 2.75) is 25.7 Å². The van der Waals surface area contributed by atoms with Crippen molar-refractivity contribution in [3.05, 3.63) is 47.4 Å². The lowest BCUT2D eigenvalue weighted by molar-refractivity contribution is -0.120. The van der Waals surface area contributed by atoms with Gasteiger partial charge in [0.2, 0.25) is 5.91 Å². The number of para-hydroxylation sites is 1. The molecule has 0 unspecified atom stereocenters. The van der Waals surface area contributed by atoms with Crippen LogP contribution in [0.5, 0.6) is 0 Å². The van der Waals surface area contributed by atoms with Crippen molar-refractivity contribution < 1.29 is 4.79 Å². The molecule has 2 aliphatic heterocycles. The van der Waals surface area contributed by atoms with E-state index in [1.165, 1.54) is 0 Å². The lowest BCUT2D eigenvalue weighted by Gasteiger charge is -2.24. The van der Waals surface area contributed by atoms with Gasteiger partial charge in [0.15, 0.2) is 0 Å². The Kier molecular flexibility index (Phi) is 2.73. The number of aromatic nitrogens is 2. The minimum Gasteiger partial charge on any atom is -0.355 e. The fourth-order valence-electron chi connectivity index (χ4n) is 3.61. The monoisotopic (exact) mass is 294 g/mol. The van der Waals surface area contributed by atoms with Crippen LogP contribution in [0.2, 0.25) is 0 Å². The molecular formula is C17H18N4O. The summed E-state index contributed by atoms with van der Waals surface area (Å²) in [7, 11) is 0. The van der Waals surface area contributed by atoms with Gasteiger partial charge in [-0.25, -0.2) is 9.97 Å². The average Bonchev–Trinajstić information content (AvgIpc) is 3.07. The van der Waals surface area contributed by atoms with Crippen molar-refractivity contribution in [1.29, 1.82) is 0 Å². The molecule has 1 saturated heterocycles. The maximum absolute atomic E-state index is 12.6. The molecule has 0 aliphatic carbocycles. The Bertz CT molecular complexity index is 773. The normalized spacial score (nSPS) is 23.0.